The molecule has 1 aromatic heterocycles. The third-order valence-electron chi connectivity index (χ3n) is 4.90. The maximum atomic E-state index is 13.1. The molecular formula is C22H18N2O5S. The molecule has 3 heterocycles. The van der Waals surface area contributed by atoms with Crippen molar-refractivity contribution in [3.63, 3.8) is 0 Å². The molecule has 0 saturated heterocycles. The predicted molar refractivity (Wildman–Crippen MR) is 112 cm³/mol. The van der Waals surface area contributed by atoms with Gasteiger partial charge in [-0.15, -0.1) is 11.8 Å². The van der Waals surface area contributed by atoms with E-state index in [0.717, 1.165) is 16.3 Å². The van der Waals surface area contributed by atoms with Crippen LogP contribution in [0.25, 0.3) is 0 Å². The van der Waals surface area contributed by atoms with Crippen LogP contribution in [0.4, 0.5) is 11.4 Å². The lowest BCUT2D eigenvalue weighted by Crippen LogP contribution is -2.38. The van der Waals surface area contributed by atoms with Gasteiger partial charge in [-0.2, -0.15) is 0 Å². The molecule has 2 aromatic carbocycles. The molecule has 30 heavy (non-hydrogen) atoms. The van der Waals surface area contributed by atoms with Crippen molar-refractivity contribution in [3.8, 4) is 11.5 Å². The fourth-order valence-corrected chi connectivity index (χ4v) is 4.74. The van der Waals surface area contributed by atoms with Gasteiger partial charge in [0.05, 0.1) is 17.2 Å². The number of ether oxygens (including phenoxy) is 2. The second-order valence-electron chi connectivity index (χ2n) is 6.89. The zero-order valence-corrected chi connectivity index (χ0v) is 16.7. The van der Waals surface area contributed by atoms with E-state index in [4.69, 9.17) is 13.9 Å². The molecule has 2 amide bonds. The van der Waals surface area contributed by atoms with E-state index in [0.29, 0.717) is 17.2 Å². The summed E-state index contributed by atoms with van der Waals surface area (Å²) in [4.78, 5) is 28.3. The van der Waals surface area contributed by atoms with Crippen LogP contribution in [-0.4, -0.2) is 25.2 Å². The van der Waals surface area contributed by atoms with Crippen molar-refractivity contribution in [1.29, 1.82) is 0 Å². The molecule has 0 bridgehead atoms. The predicted octanol–water partition coefficient (Wildman–Crippen LogP) is 4.22. The molecule has 0 aliphatic carbocycles. The number of amides is 2. The molecule has 0 radical (unpaired) electrons. The van der Waals surface area contributed by atoms with Gasteiger partial charge in [-0.05, 0) is 36.4 Å². The fourth-order valence-electron chi connectivity index (χ4n) is 3.50. The zero-order chi connectivity index (χ0) is 20.5. The van der Waals surface area contributed by atoms with Crippen LogP contribution in [0.5, 0.6) is 11.5 Å². The van der Waals surface area contributed by atoms with E-state index in [1.165, 1.54) is 4.90 Å². The van der Waals surface area contributed by atoms with E-state index >= 15 is 0 Å². The number of nitrogens with zero attached hydrogens (tertiary/aromatic N) is 1. The third-order valence-corrected chi connectivity index (χ3v) is 6.19. The highest BCUT2D eigenvalue weighted by atomic mass is 32.2. The Bertz CT molecular complexity index is 1100. The van der Waals surface area contributed by atoms with Gasteiger partial charge in [0.25, 0.3) is 0 Å². The number of benzene rings is 2. The Morgan fingerprint density at radius 2 is 1.97 bits per heavy atom. The molecule has 1 N–H and O–H groups in total. The second kappa shape index (κ2) is 7.79. The van der Waals surface area contributed by atoms with Crippen LogP contribution in [0, 0.1) is 0 Å². The topological polar surface area (TPSA) is 81.0 Å². The van der Waals surface area contributed by atoms with Crippen LogP contribution in [0.2, 0.25) is 0 Å². The Labute approximate surface area is 177 Å². The molecular weight excluding hydrogens is 404 g/mol. The molecule has 5 rings (SSSR count). The van der Waals surface area contributed by atoms with Crippen molar-refractivity contribution in [2.75, 3.05) is 23.6 Å². The van der Waals surface area contributed by atoms with Crippen LogP contribution in [-0.2, 0) is 9.59 Å². The van der Waals surface area contributed by atoms with Crippen molar-refractivity contribution in [1.82, 2.24) is 0 Å². The summed E-state index contributed by atoms with van der Waals surface area (Å²) in [5.74, 6) is 1.55. The van der Waals surface area contributed by atoms with Gasteiger partial charge < -0.3 is 24.1 Å². The lowest BCUT2D eigenvalue weighted by molar-refractivity contribution is -0.121. The quantitative estimate of drug-likeness (QED) is 0.678. The van der Waals surface area contributed by atoms with Gasteiger partial charge in [-0.3, -0.25) is 9.59 Å². The molecule has 152 valence electrons. The highest BCUT2D eigenvalue weighted by Gasteiger charge is 2.31. The molecule has 3 aromatic rings. The number of thioether (sulfide) groups is 1. The number of carbonyl (C=O) groups excluding carboxylic acids is 2. The van der Waals surface area contributed by atoms with E-state index in [1.54, 1.807) is 36.2 Å². The molecule has 0 spiro atoms. The minimum atomic E-state index is -0.293. The molecule has 7 nitrogen and oxygen atoms in total. The number of hydrogen-bond donors (Lipinski definition) is 1. The summed E-state index contributed by atoms with van der Waals surface area (Å²) in [6.07, 6.45) is 1.85. The van der Waals surface area contributed by atoms with Crippen LogP contribution in [0.15, 0.2) is 70.2 Å². The molecule has 1 atom stereocenters. The Morgan fingerprint density at radius 3 is 2.83 bits per heavy atom. The summed E-state index contributed by atoms with van der Waals surface area (Å²) in [6.45, 7) is 0.0794. The van der Waals surface area contributed by atoms with Crippen molar-refractivity contribution in [2.24, 2.45) is 0 Å². The van der Waals surface area contributed by atoms with Crippen LogP contribution in [0.1, 0.15) is 17.4 Å². The lowest BCUT2D eigenvalue weighted by Gasteiger charge is -2.22. The van der Waals surface area contributed by atoms with Crippen molar-refractivity contribution in [2.45, 2.75) is 16.6 Å². The first kappa shape index (κ1) is 18.6. The molecule has 0 fully saturated rings. The van der Waals surface area contributed by atoms with Gasteiger partial charge in [0.1, 0.15) is 12.3 Å². The molecule has 2 aliphatic heterocycles. The highest BCUT2D eigenvalue weighted by Crippen LogP contribution is 2.45. The number of rotatable bonds is 4. The van der Waals surface area contributed by atoms with E-state index < -0.39 is 0 Å². The molecule has 8 heteroatoms. The van der Waals surface area contributed by atoms with Gasteiger partial charge in [0, 0.05) is 23.1 Å². The number of carbonyl (C=O) groups is 2. The number of fused-ring (bicyclic) bond motifs is 2. The average molecular weight is 422 g/mol. The second-order valence-corrected chi connectivity index (χ2v) is 8.13. The zero-order valence-electron chi connectivity index (χ0n) is 15.9. The van der Waals surface area contributed by atoms with Crippen LogP contribution < -0.4 is 19.7 Å². The van der Waals surface area contributed by atoms with Gasteiger partial charge in [0.2, 0.25) is 18.6 Å². The van der Waals surface area contributed by atoms with E-state index in [9.17, 15) is 9.59 Å². The maximum Gasteiger partial charge on any atom is 0.244 e. The van der Waals surface area contributed by atoms with Gasteiger partial charge >= 0.3 is 0 Å². The Morgan fingerprint density at radius 1 is 1.10 bits per heavy atom. The molecule has 0 saturated carbocycles. The van der Waals surface area contributed by atoms with E-state index in [1.807, 2.05) is 36.4 Å². The lowest BCUT2D eigenvalue weighted by atomic mass is 10.2. The normalized spacial score (nSPS) is 17.4. The number of furan rings is 1. The standard InChI is InChI=1S/C22H18N2O5S/c25-21(23-14-7-8-16-18(10-14)29-13-28-16)12-24-15-4-1-2-6-19(15)30-20(11-22(24)26)17-5-3-9-27-17/h1-10,20H,11-13H2,(H,23,25). The SMILES string of the molecule is O=C(CN1C(=O)CC(c2ccco2)Sc2ccccc21)Nc1ccc2c(c1)OCO2. The van der Waals surface area contributed by atoms with Crippen molar-refractivity contribution >= 4 is 35.0 Å². The summed E-state index contributed by atoms with van der Waals surface area (Å²) in [5.41, 5.74) is 1.31. The Kier molecular flexibility index (Phi) is 4.84. The third kappa shape index (κ3) is 3.61. The minimum Gasteiger partial charge on any atom is -0.468 e. The Hall–Kier alpha value is -3.39. The summed E-state index contributed by atoms with van der Waals surface area (Å²) >= 11 is 1.57. The Balaban J connectivity index is 1.36. The first-order valence-electron chi connectivity index (χ1n) is 9.46. The van der Waals surface area contributed by atoms with Crippen LogP contribution >= 0.6 is 11.8 Å². The molecule has 1 unspecified atom stereocenters. The van der Waals surface area contributed by atoms with Gasteiger partial charge in [-0.1, -0.05) is 12.1 Å². The van der Waals surface area contributed by atoms with Gasteiger partial charge in [0.15, 0.2) is 11.5 Å². The van der Waals surface area contributed by atoms with Crippen molar-refractivity contribution < 1.29 is 23.5 Å². The largest absolute Gasteiger partial charge is 0.468 e. The number of anilines is 2. The van der Waals surface area contributed by atoms with E-state index in [2.05, 4.69) is 5.32 Å². The maximum absolute atomic E-state index is 13.1. The summed E-state index contributed by atoms with van der Waals surface area (Å²) in [6, 6.07) is 16.5. The summed E-state index contributed by atoms with van der Waals surface area (Å²) in [5, 5.41) is 2.69. The minimum absolute atomic E-state index is 0.0876. The average Bonchev–Trinajstić information content (AvgIpc) is 3.41. The first-order valence-corrected chi connectivity index (χ1v) is 10.3. The molecule has 2 aliphatic rings. The summed E-state index contributed by atoms with van der Waals surface area (Å²) < 4.78 is 16.2. The monoisotopic (exact) mass is 422 g/mol. The highest BCUT2D eigenvalue weighted by molar-refractivity contribution is 7.99. The van der Waals surface area contributed by atoms with Crippen LogP contribution in [0.3, 0.4) is 0 Å². The first-order chi connectivity index (χ1) is 14.7. The van der Waals surface area contributed by atoms with Crippen molar-refractivity contribution in [3.05, 3.63) is 66.6 Å². The smallest absolute Gasteiger partial charge is 0.244 e. The number of nitrogens with one attached hydrogen (secondary N) is 1. The van der Waals surface area contributed by atoms with Gasteiger partial charge in [-0.25, -0.2) is 0 Å². The number of hydrogen-bond acceptors (Lipinski definition) is 6. The summed E-state index contributed by atoms with van der Waals surface area (Å²) in [7, 11) is 0. The fraction of sp³-hybridized carbons (Fsp3) is 0.182. The van der Waals surface area contributed by atoms with E-state index in [-0.39, 0.29) is 36.8 Å². The number of para-hydroxylation sites is 1.